The SMILES string of the molecule is CCCCCCCCCCCCCCn1c(C)cc(C)[n+]1C. The lowest BCUT2D eigenvalue weighted by atomic mass is 10.1. The first-order valence-corrected chi connectivity index (χ1v) is 9.70. The molecule has 0 aliphatic rings. The van der Waals surface area contributed by atoms with Crippen LogP contribution in [0.1, 0.15) is 95.4 Å². The third kappa shape index (κ3) is 7.47. The van der Waals surface area contributed by atoms with Gasteiger partial charge in [0.05, 0.1) is 12.2 Å². The molecule has 1 rings (SSSR count). The van der Waals surface area contributed by atoms with E-state index in [9.17, 15) is 0 Å². The van der Waals surface area contributed by atoms with E-state index in [2.05, 4.69) is 43.2 Å². The monoisotopic (exact) mass is 307 g/mol. The smallest absolute Gasteiger partial charge is 0.158 e. The van der Waals surface area contributed by atoms with Gasteiger partial charge in [0.2, 0.25) is 5.69 Å². The number of unbranched alkanes of at least 4 members (excludes halogenated alkanes) is 11. The Hall–Kier alpha value is -0.790. The van der Waals surface area contributed by atoms with Crippen molar-refractivity contribution in [3.8, 4) is 0 Å². The summed E-state index contributed by atoms with van der Waals surface area (Å²) < 4.78 is 4.69. The first-order chi connectivity index (χ1) is 10.7. The normalized spacial score (nSPS) is 11.3. The second kappa shape index (κ2) is 11.7. The number of hydrogen-bond donors (Lipinski definition) is 0. The summed E-state index contributed by atoms with van der Waals surface area (Å²) in [7, 11) is 2.17. The fourth-order valence-corrected chi connectivity index (χ4v) is 3.33. The molecule has 0 saturated heterocycles. The van der Waals surface area contributed by atoms with E-state index < -0.39 is 0 Å². The molecule has 0 unspecified atom stereocenters. The standard InChI is InChI=1S/C20H39N2/c1-5-6-7-8-9-10-11-12-13-14-15-16-17-22-20(3)18-19(2)21(22)4/h18H,5-17H2,1-4H3/q+1. The van der Waals surface area contributed by atoms with E-state index >= 15 is 0 Å². The molecule has 0 amide bonds. The summed E-state index contributed by atoms with van der Waals surface area (Å²) in [6.45, 7) is 7.87. The van der Waals surface area contributed by atoms with E-state index in [1.807, 2.05) is 0 Å². The van der Waals surface area contributed by atoms with E-state index in [0.717, 1.165) is 0 Å². The van der Waals surface area contributed by atoms with Crippen molar-refractivity contribution in [1.82, 2.24) is 4.68 Å². The summed E-state index contributed by atoms with van der Waals surface area (Å²) in [6, 6.07) is 2.28. The van der Waals surface area contributed by atoms with Gasteiger partial charge in [0.15, 0.2) is 7.05 Å². The van der Waals surface area contributed by atoms with Gasteiger partial charge in [0.1, 0.15) is 0 Å². The zero-order chi connectivity index (χ0) is 16.2. The van der Waals surface area contributed by atoms with Crippen LogP contribution in [0, 0.1) is 13.8 Å². The molecule has 2 heteroatoms. The summed E-state index contributed by atoms with van der Waals surface area (Å²) in [5, 5.41) is 0. The molecule has 0 saturated carbocycles. The highest BCUT2D eigenvalue weighted by Crippen LogP contribution is 2.12. The van der Waals surface area contributed by atoms with E-state index in [0.29, 0.717) is 0 Å². The van der Waals surface area contributed by atoms with Crippen LogP contribution in [0.5, 0.6) is 0 Å². The van der Waals surface area contributed by atoms with Crippen LogP contribution in [0.3, 0.4) is 0 Å². The topological polar surface area (TPSA) is 8.81 Å². The lowest BCUT2D eigenvalue weighted by Gasteiger charge is -2.04. The lowest BCUT2D eigenvalue weighted by Crippen LogP contribution is -2.41. The third-order valence-electron chi connectivity index (χ3n) is 4.92. The molecule has 22 heavy (non-hydrogen) atoms. The second-order valence-corrected chi connectivity index (χ2v) is 6.96. The Balaban J connectivity index is 1.92. The highest BCUT2D eigenvalue weighted by Gasteiger charge is 2.11. The summed E-state index contributed by atoms with van der Waals surface area (Å²) in [6.07, 6.45) is 17.1. The van der Waals surface area contributed by atoms with Gasteiger partial charge in [-0.1, -0.05) is 77.6 Å². The first-order valence-electron chi connectivity index (χ1n) is 9.70. The van der Waals surface area contributed by atoms with Gasteiger partial charge in [0, 0.05) is 13.0 Å². The van der Waals surface area contributed by atoms with Gasteiger partial charge in [-0.2, -0.15) is 4.68 Å². The second-order valence-electron chi connectivity index (χ2n) is 6.96. The van der Waals surface area contributed by atoms with Gasteiger partial charge < -0.3 is 0 Å². The number of nitrogens with zero attached hydrogens (tertiary/aromatic N) is 2. The summed E-state index contributed by atoms with van der Waals surface area (Å²) in [5.41, 5.74) is 2.75. The van der Waals surface area contributed by atoms with E-state index in [1.54, 1.807) is 0 Å². The summed E-state index contributed by atoms with van der Waals surface area (Å²) in [5.74, 6) is 0. The maximum Gasteiger partial charge on any atom is 0.204 e. The Bertz CT molecular complexity index is 393. The molecule has 1 heterocycles. The van der Waals surface area contributed by atoms with Crippen LogP contribution in [0.15, 0.2) is 6.07 Å². The molecular formula is C20H39N2+. The predicted octanol–water partition coefficient (Wildman–Crippen LogP) is 5.63. The van der Waals surface area contributed by atoms with E-state index in [1.165, 1.54) is 95.0 Å². The third-order valence-corrected chi connectivity index (χ3v) is 4.92. The molecule has 0 radical (unpaired) electrons. The van der Waals surface area contributed by atoms with E-state index in [4.69, 9.17) is 0 Å². The zero-order valence-electron chi connectivity index (χ0n) is 15.7. The predicted molar refractivity (Wildman–Crippen MR) is 96.2 cm³/mol. The van der Waals surface area contributed by atoms with Gasteiger partial charge in [-0.25, -0.2) is 0 Å². The van der Waals surface area contributed by atoms with Gasteiger partial charge in [-0.05, 0) is 13.3 Å². The minimum atomic E-state index is 1.17. The Labute approximate surface area is 138 Å². The largest absolute Gasteiger partial charge is 0.204 e. The fraction of sp³-hybridized carbons (Fsp3) is 0.850. The van der Waals surface area contributed by atoms with Crippen molar-refractivity contribution in [1.29, 1.82) is 0 Å². The molecule has 1 aromatic rings. The van der Waals surface area contributed by atoms with Crippen molar-refractivity contribution in [2.45, 2.75) is 104 Å². The van der Waals surface area contributed by atoms with Crippen molar-refractivity contribution in [3.63, 3.8) is 0 Å². The highest BCUT2D eigenvalue weighted by molar-refractivity contribution is 5.01. The molecule has 0 bridgehead atoms. The van der Waals surface area contributed by atoms with Crippen LogP contribution in [0.4, 0.5) is 0 Å². The highest BCUT2D eigenvalue weighted by atomic mass is 15.4. The molecule has 128 valence electrons. The number of aryl methyl sites for hydroxylation is 2. The van der Waals surface area contributed by atoms with E-state index in [-0.39, 0.29) is 0 Å². The average Bonchev–Trinajstić information content (AvgIpc) is 2.74. The van der Waals surface area contributed by atoms with Crippen molar-refractivity contribution < 1.29 is 4.68 Å². The molecule has 0 N–H and O–H groups in total. The van der Waals surface area contributed by atoms with Gasteiger partial charge >= 0.3 is 0 Å². The number of hydrogen-bond acceptors (Lipinski definition) is 0. The molecule has 0 spiro atoms. The van der Waals surface area contributed by atoms with Crippen LogP contribution >= 0.6 is 0 Å². The van der Waals surface area contributed by atoms with Crippen LogP contribution in [0.25, 0.3) is 0 Å². The quantitative estimate of drug-likeness (QED) is 0.330. The summed E-state index contributed by atoms with van der Waals surface area (Å²) >= 11 is 0. The fourth-order valence-electron chi connectivity index (χ4n) is 3.33. The molecule has 1 aromatic heterocycles. The average molecular weight is 308 g/mol. The molecular weight excluding hydrogens is 268 g/mol. The Morgan fingerprint density at radius 3 is 1.64 bits per heavy atom. The van der Waals surface area contributed by atoms with Crippen molar-refractivity contribution in [2.24, 2.45) is 7.05 Å². The molecule has 0 aliphatic carbocycles. The van der Waals surface area contributed by atoms with Crippen molar-refractivity contribution in [2.75, 3.05) is 0 Å². The summed E-state index contributed by atoms with van der Waals surface area (Å²) in [4.78, 5) is 0. The van der Waals surface area contributed by atoms with Crippen molar-refractivity contribution >= 4 is 0 Å². The number of rotatable bonds is 13. The maximum absolute atomic E-state index is 2.41. The molecule has 0 atom stereocenters. The van der Waals surface area contributed by atoms with Crippen LogP contribution < -0.4 is 4.68 Å². The molecule has 0 aliphatic heterocycles. The maximum atomic E-state index is 2.41. The van der Waals surface area contributed by atoms with Crippen LogP contribution in [-0.2, 0) is 13.6 Å². The number of aromatic nitrogens is 2. The Morgan fingerprint density at radius 1 is 0.773 bits per heavy atom. The van der Waals surface area contributed by atoms with Gasteiger partial charge in [0.25, 0.3) is 0 Å². The first kappa shape index (κ1) is 19.3. The Kier molecular flexibility index (Phi) is 10.3. The minimum Gasteiger partial charge on any atom is -0.158 e. The molecule has 0 aromatic carbocycles. The van der Waals surface area contributed by atoms with Gasteiger partial charge in [-0.3, -0.25) is 0 Å². The Morgan fingerprint density at radius 2 is 1.23 bits per heavy atom. The van der Waals surface area contributed by atoms with Crippen LogP contribution in [-0.4, -0.2) is 4.68 Å². The van der Waals surface area contributed by atoms with Crippen molar-refractivity contribution in [3.05, 3.63) is 17.5 Å². The lowest BCUT2D eigenvalue weighted by molar-refractivity contribution is -0.759. The molecule has 2 nitrogen and oxygen atoms in total. The molecule has 0 fully saturated rings. The van der Waals surface area contributed by atoms with Gasteiger partial charge in [-0.15, -0.1) is 4.68 Å². The van der Waals surface area contributed by atoms with Crippen LogP contribution in [0.2, 0.25) is 0 Å². The minimum absolute atomic E-state index is 1.17. The zero-order valence-corrected chi connectivity index (χ0v) is 15.7.